The van der Waals surface area contributed by atoms with Crippen molar-refractivity contribution in [2.24, 2.45) is 0 Å². The van der Waals surface area contributed by atoms with Gasteiger partial charge in [-0.1, -0.05) is 24.3 Å². The maximum absolute atomic E-state index is 13.4. The summed E-state index contributed by atoms with van der Waals surface area (Å²) in [6.45, 7) is 1.62. The second-order valence-corrected chi connectivity index (χ2v) is 8.44. The Bertz CT molecular complexity index is 1100. The molecular weight excluding hydrogens is 402 g/mol. The molecule has 0 unspecified atom stereocenters. The molecule has 0 spiro atoms. The number of nitrogens with one attached hydrogen (secondary N) is 1. The van der Waals surface area contributed by atoms with E-state index < -0.39 is 15.9 Å². The van der Waals surface area contributed by atoms with Crippen LogP contribution < -0.4 is 14.4 Å². The van der Waals surface area contributed by atoms with E-state index in [0.29, 0.717) is 22.7 Å². The number of para-hydroxylation sites is 1. The highest BCUT2D eigenvalue weighted by Gasteiger charge is 2.27. The Labute approximate surface area is 176 Å². The maximum Gasteiger partial charge on any atom is 0.264 e. The fraction of sp³-hybridized carbons (Fsp3) is 0.182. The Morgan fingerprint density at radius 1 is 1.07 bits per heavy atom. The van der Waals surface area contributed by atoms with Gasteiger partial charge in [0.25, 0.3) is 10.0 Å². The van der Waals surface area contributed by atoms with Crippen LogP contribution in [0, 0.1) is 6.92 Å². The SMILES string of the molecule is COc1ccc(S(=O)(=O)N(CC(=O)NCc2ccccn2)c2ccccc2)cc1C. The molecule has 0 bridgehead atoms. The smallest absolute Gasteiger partial charge is 0.264 e. The zero-order valence-corrected chi connectivity index (χ0v) is 17.6. The molecule has 30 heavy (non-hydrogen) atoms. The largest absolute Gasteiger partial charge is 0.496 e. The Morgan fingerprint density at radius 2 is 1.80 bits per heavy atom. The second kappa shape index (κ2) is 9.41. The number of carbonyl (C=O) groups excluding carboxylic acids is 1. The summed E-state index contributed by atoms with van der Waals surface area (Å²) in [5, 5.41) is 2.72. The van der Waals surface area contributed by atoms with Crippen LogP contribution in [-0.2, 0) is 21.4 Å². The monoisotopic (exact) mass is 425 g/mol. The van der Waals surface area contributed by atoms with E-state index >= 15 is 0 Å². The van der Waals surface area contributed by atoms with Crippen LogP contribution in [0.4, 0.5) is 5.69 Å². The number of pyridine rings is 1. The number of hydrogen-bond acceptors (Lipinski definition) is 5. The van der Waals surface area contributed by atoms with E-state index in [9.17, 15) is 13.2 Å². The summed E-state index contributed by atoms with van der Waals surface area (Å²) in [5.74, 6) is 0.159. The van der Waals surface area contributed by atoms with Gasteiger partial charge in [-0.3, -0.25) is 14.1 Å². The number of amides is 1. The van der Waals surface area contributed by atoms with Crippen LogP contribution in [0.2, 0.25) is 0 Å². The third-order valence-electron chi connectivity index (χ3n) is 4.48. The fourth-order valence-corrected chi connectivity index (χ4v) is 4.43. The number of rotatable bonds is 8. The van der Waals surface area contributed by atoms with Crippen molar-refractivity contribution in [2.45, 2.75) is 18.4 Å². The molecule has 0 aliphatic rings. The van der Waals surface area contributed by atoms with Crippen LogP contribution in [-0.4, -0.2) is 33.0 Å². The number of hydrogen-bond donors (Lipinski definition) is 1. The molecule has 3 aromatic rings. The normalized spacial score (nSPS) is 11.0. The molecule has 2 aromatic carbocycles. The first kappa shape index (κ1) is 21.3. The third-order valence-corrected chi connectivity index (χ3v) is 6.25. The van der Waals surface area contributed by atoms with Crippen molar-refractivity contribution in [3.63, 3.8) is 0 Å². The zero-order valence-electron chi connectivity index (χ0n) is 16.8. The maximum atomic E-state index is 13.4. The van der Waals surface area contributed by atoms with Gasteiger partial charge < -0.3 is 10.1 Å². The highest BCUT2D eigenvalue weighted by molar-refractivity contribution is 7.92. The van der Waals surface area contributed by atoms with Gasteiger partial charge in [-0.15, -0.1) is 0 Å². The molecule has 0 radical (unpaired) electrons. The van der Waals surface area contributed by atoms with Crippen molar-refractivity contribution >= 4 is 21.6 Å². The molecule has 1 heterocycles. The Hall–Kier alpha value is -3.39. The van der Waals surface area contributed by atoms with Gasteiger partial charge >= 0.3 is 0 Å². The van der Waals surface area contributed by atoms with Crippen LogP contribution in [0.1, 0.15) is 11.3 Å². The summed E-state index contributed by atoms with van der Waals surface area (Å²) < 4.78 is 33.1. The highest BCUT2D eigenvalue weighted by Crippen LogP contribution is 2.27. The lowest BCUT2D eigenvalue weighted by molar-refractivity contribution is -0.119. The van der Waals surface area contributed by atoms with Gasteiger partial charge in [-0.25, -0.2) is 8.42 Å². The highest BCUT2D eigenvalue weighted by atomic mass is 32.2. The molecule has 0 atom stereocenters. The molecule has 1 N–H and O–H groups in total. The summed E-state index contributed by atoms with van der Waals surface area (Å²) in [4.78, 5) is 16.8. The van der Waals surface area contributed by atoms with Gasteiger partial charge in [0, 0.05) is 6.20 Å². The van der Waals surface area contributed by atoms with Gasteiger partial charge in [-0.05, 0) is 55.0 Å². The van der Waals surface area contributed by atoms with Gasteiger partial charge in [0.1, 0.15) is 12.3 Å². The lowest BCUT2D eigenvalue weighted by Crippen LogP contribution is -2.40. The number of methoxy groups -OCH3 is 1. The van der Waals surface area contributed by atoms with Crippen LogP contribution in [0.3, 0.4) is 0 Å². The summed E-state index contributed by atoms with van der Waals surface area (Å²) in [6.07, 6.45) is 1.63. The standard InChI is InChI=1S/C22H23N3O4S/c1-17-14-20(11-12-21(17)29-2)30(27,28)25(19-9-4-3-5-10-19)16-22(26)24-15-18-8-6-7-13-23-18/h3-14H,15-16H2,1-2H3,(H,24,26). The van der Waals surface area contributed by atoms with E-state index in [-0.39, 0.29) is 18.0 Å². The topological polar surface area (TPSA) is 88.6 Å². The minimum absolute atomic E-state index is 0.0854. The summed E-state index contributed by atoms with van der Waals surface area (Å²) in [5.41, 5.74) is 1.77. The summed E-state index contributed by atoms with van der Waals surface area (Å²) in [6, 6.07) is 18.5. The molecule has 0 saturated heterocycles. The number of sulfonamides is 1. The predicted molar refractivity (Wildman–Crippen MR) is 115 cm³/mol. The lowest BCUT2D eigenvalue weighted by atomic mass is 10.2. The predicted octanol–water partition coefficient (Wildman–Crippen LogP) is 2.91. The number of ether oxygens (including phenoxy) is 1. The molecule has 8 heteroatoms. The molecule has 156 valence electrons. The van der Waals surface area contributed by atoms with E-state index in [4.69, 9.17) is 4.74 Å². The van der Waals surface area contributed by atoms with Crippen molar-refractivity contribution in [1.82, 2.24) is 10.3 Å². The number of anilines is 1. The van der Waals surface area contributed by atoms with E-state index in [1.807, 2.05) is 6.07 Å². The second-order valence-electron chi connectivity index (χ2n) is 6.58. The van der Waals surface area contributed by atoms with E-state index in [0.717, 1.165) is 4.31 Å². The van der Waals surface area contributed by atoms with Crippen molar-refractivity contribution < 1.29 is 17.9 Å². The average molecular weight is 426 g/mol. The van der Waals surface area contributed by atoms with E-state index in [2.05, 4.69) is 10.3 Å². The average Bonchev–Trinajstić information content (AvgIpc) is 2.77. The molecule has 0 aliphatic carbocycles. The summed E-state index contributed by atoms with van der Waals surface area (Å²) in [7, 11) is -2.45. The van der Waals surface area contributed by atoms with E-state index in [1.165, 1.54) is 19.2 Å². The van der Waals surface area contributed by atoms with Gasteiger partial charge in [0.2, 0.25) is 5.91 Å². The van der Waals surface area contributed by atoms with Crippen molar-refractivity contribution in [1.29, 1.82) is 0 Å². The minimum atomic E-state index is -3.98. The van der Waals surface area contributed by atoms with Gasteiger partial charge in [0.15, 0.2) is 0 Å². The summed E-state index contributed by atoms with van der Waals surface area (Å²) >= 11 is 0. The quantitative estimate of drug-likeness (QED) is 0.600. The lowest BCUT2D eigenvalue weighted by Gasteiger charge is -2.24. The molecular formula is C22H23N3O4S. The first-order chi connectivity index (χ1) is 14.4. The first-order valence-corrected chi connectivity index (χ1v) is 10.7. The number of nitrogens with zero attached hydrogens (tertiary/aromatic N) is 2. The molecule has 0 saturated carbocycles. The van der Waals surface area contributed by atoms with Crippen molar-refractivity contribution in [3.8, 4) is 5.75 Å². The van der Waals surface area contributed by atoms with Crippen LogP contribution >= 0.6 is 0 Å². The Balaban J connectivity index is 1.87. The molecule has 0 fully saturated rings. The third kappa shape index (κ3) is 4.96. The van der Waals surface area contributed by atoms with Crippen LogP contribution in [0.25, 0.3) is 0 Å². The number of aryl methyl sites for hydroxylation is 1. The molecule has 1 amide bonds. The molecule has 0 aliphatic heterocycles. The molecule has 3 rings (SSSR count). The van der Waals surface area contributed by atoms with Crippen molar-refractivity contribution in [2.75, 3.05) is 18.0 Å². The van der Waals surface area contributed by atoms with Crippen LogP contribution in [0.5, 0.6) is 5.75 Å². The number of carbonyl (C=O) groups is 1. The Morgan fingerprint density at radius 3 is 2.43 bits per heavy atom. The fourth-order valence-electron chi connectivity index (χ4n) is 2.93. The first-order valence-electron chi connectivity index (χ1n) is 9.31. The van der Waals surface area contributed by atoms with E-state index in [1.54, 1.807) is 61.7 Å². The van der Waals surface area contributed by atoms with Crippen molar-refractivity contribution in [3.05, 3.63) is 84.2 Å². The number of benzene rings is 2. The molecule has 1 aromatic heterocycles. The van der Waals surface area contributed by atoms with Gasteiger partial charge in [0.05, 0.1) is 29.9 Å². The van der Waals surface area contributed by atoms with Gasteiger partial charge in [-0.2, -0.15) is 0 Å². The van der Waals surface area contributed by atoms with Crippen LogP contribution in [0.15, 0.2) is 77.8 Å². The minimum Gasteiger partial charge on any atom is -0.496 e. The zero-order chi connectivity index (χ0) is 21.6. The molecule has 7 nitrogen and oxygen atoms in total. The number of aromatic nitrogens is 1. The Kier molecular flexibility index (Phi) is 6.68.